The molecule has 10 heteroatoms. The summed E-state index contributed by atoms with van der Waals surface area (Å²) in [4.78, 5) is 41.4. The Bertz CT molecular complexity index is 1200. The second-order valence-electron chi connectivity index (χ2n) is 7.19. The number of methoxy groups -OCH3 is 1. The van der Waals surface area contributed by atoms with Crippen LogP contribution in [0.5, 0.6) is 5.75 Å². The number of hydrogen-bond donors (Lipinski definition) is 2. The minimum atomic E-state index is -0.620. The van der Waals surface area contributed by atoms with Crippen molar-refractivity contribution in [1.29, 1.82) is 0 Å². The number of carbonyl (C=O) groups excluding carboxylic acids is 2. The SMILES string of the molecule is COc1ccc(C(=O)N[C@H]2CCN(C(=O)c3cc4c(=O)[nH]c(C)cn4n3)C2)cc1F. The third-order valence-electron chi connectivity index (χ3n) is 5.04. The van der Waals surface area contributed by atoms with Gasteiger partial charge in [0.05, 0.1) is 7.11 Å². The van der Waals surface area contributed by atoms with Gasteiger partial charge in [0.2, 0.25) is 0 Å². The van der Waals surface area contributed by atoms with E-state index < -0.39 is 11.7 Å². The van der Waals surface area contributed by atoms with Gasteiger partial charge in [0.1, 0.15) is 5.52 Å². The van der Waals surface area contributed by atoms with E-state index >= 15 is 0 Å². The van der Waals surface area contributed by atoms with Crippen molar-refractivity contribution in [2.75, 3.05) is 20.2 Å². The van der Waals surface area contributed by atoms with E-state index in [4.69, 9.17) is 4.74 Å². The van der Waals surface area contributed by atoms with E-state index in [1.54, 1.807) is 18.0 Å². The molecule has 2 amide bonds. The molecule has 3 aromatic rings. The number of nitrogens with one attached hydrogen (secondary N) is 2. The molecule has 3 heterocycles. The Labute approximate surface area is 170 Å². The van der Waals surface area contributed by atoms with Crippen LogP contribution in [0.25, 0.3) is 5.52 Å². The molecule has 0 radical (unpaired) electrons. The molecule has 0 bridgehead atoms. The minimum absolute atomic E-state index is 0.0608. The highest BCUT2D eigenvalue weighted by Crippen LogP contribution is 2.19. The van der Waals surface area contributed by atoms with Crippen LogP contribution in [0.4, 0.5) is 4.39 Å². The van der Waals surface area contributed by atoms with Gasteiger partial charge in [-0.1, -0.05) is 0 Å². The van der Waals surface area contributed by atoms with E-state index in [0.29, 0.717) is 25.2 Å². The molecule has 1 fully saturated rings. The van der Waals surface area contributed by atoms with Gasteiger partial charge in [-0.3, -0.25) is 14.4 Å². The van der Waals surface area contributed by atoms with Gasteiger partial charge in [-0.25, -0.2) is 8.91 Å². The highest BCUT2D eigenvalue weighted by molar-refractivity contribution is 5.95. The van der Waals surface area contributed by atoms with Gasteiger partial charge in [-0.2, -0.15) is 5.10 Å². The predicted molar refractivity (Wildman–Crippen MR) is 105 cm³/mol. The highest BCUT2D eigenvalue weighted by atomic mass is 19.1. The van der Waals surface area contributed by atoms with Crippen molar-refractivity contribution in [3.05, 3.63) is 63.6 Å². The Balaban J connectivity index is 1.43. The third kappa shape index (κ3) is 3.63. The molecule has 1 aromatic carbocycles. The first kappa shape index (κ1) is 19.6. The van der Waals surface area contributed by atoms with Crippen molar-refractivity contribution in [2.24, 2.45) is 0 Å². The number of likely N-dealkylation sites (tertiary alicyclic amines) is 1. The molecule has 1 aliphatic rings. The maximum atomic E-state index is 13.8. The average molecular weight is 413 g/mol. The van der Waals surface area contributed by atoms with Crippen LogP contribution in [0.3, 0.4) is 0 Å². The molecule has 0 aliphatic carbocycles. The molecule has 0 saturated carbocycles. The Kier molecular flexibility index (Phi) is 4.98. The number of fused-ring (bicyclic) bond motifs is 1. The lowest BCUT2D eigenvalue weighted by atomic mass is 10.1. The average Bonchev–Trinajstić information content (AvgIpc) is 3.34. The van der Waals surface area contributed by atoms with E-state index in [2.05, 4.69) is 15.4 Å². The summed E-state index contributed by atoms with van der Waals surface area (Å²) < 4.78 is 20.1. The zero-order valence-electron chi connectivity index (χ0n) is 16.4. The van der Waals surface area contributed by atoms with Crippen molar-refractivity contribution in [1.82, 2.24) is 24.8 Å². The Hall–Kier alpha value is -3.69. The lowest BCUT2D eigenvalue weighted by Gasteiger charge is -2.16. The zero-order chi connectivity index (χ0) is 21.4. The van der Waals surface area contributed by atoms with Crippen LogP contribution in [-0.4, -0.2) is 57.6 Å². The Morgan fingerprint density at radius 3 is 2.87 bits per heavy atom. The molecule has 0 spiro atoms. The van der Waals surface area contributed by atoms with Crippen LogP contribution >= 0.6 is 0 Å². The van der Waals surface area contributed by atoms with E-state index in [1.807, 2.05) is 0 Å². The first-order chi connectivity index (χ1) is 14.4. The van der Waals surface area contributed by atoms with Crippen molar-refractivity contribution in [3.63, 3.8) is 0 Å². The molecule has 1 aliphatic heterocycles. The molecule has 156 valence electrons. The summed E-state index contributed by atoms with van der Waals surface area (Å²) in [6.07, 6.45) is 2.19. The van der Waals surface area contributed by atoms with Gasteiger partial charge in [-0.15, -0.1) is 0 Å². The summed E-state index contributed by atoms with van der Waals surface area (Å²) in [7, 11) is 1.35. The normalized spacial score (nSPS) is 16.1. The molecule has 1 saturated heterocycles. The second kappa shape index (κ2) is 7.62. The quantitative estimate of drug-likeness (QED) is 0.666. The molecular formula is C20H20FN5O4. The van der Waals surface area contributed by atoms with Gasteiger partial charge in [0.25, 0.3) is 17.4 Å². The number of amides is 2. The van der Waals surface area contributed by atoms with Crippen LogP contribution in [0.2, 0.25) is 0 Å². The summed E-state index contributed by atoms with van der Waals surface area (Å²) in [6, 6.07) is 5.16. The van der Waals surface area contributed by atoms with Crippen molar-refractivity contribution >= 4 is 17.3 Å². The summed E-state index contributed by atoms with van der Waals surface area (Å²) in [5.41, 5.74) is 0.936. The molecule has 0 unspecified atom stereocenters. The van der Waals surface area contributed by atoms with Crippen LogP contribution < -0.4 is 15.6 Å². The fraction of sp³-hybridized carbons (Fsp3) is 0.300. The van der Waals surface area contributed by atoms with Gasteiger partial charge in [-0.05, 0) is 31.5 Å². The number of aryl methyl sites for hydroxylation is 1. The fourth-order valence-electron chi connectivity index (χ4n) is 3.53. The second-order valence-corrected chi connectivity index (χ2v) is 7.19. The van der Waals surface area contributed by atoms with Gasteiger partial charge in [0, 0.05) is 42.7 Å². The first-order valence-electron chi connectivity index (χ1n) is 9.38. The topological polar surface area (TPSA) is 109 Å². The maximum absolute atomic E-state index is 13.8. The molecular weight excluding hydrogens is 393 g/mol. The van der Waals surface area contributed by atoms with E-state index in [-0.39, 0.29) is 40.0 Å². The highest BCUT2D eigenvalue weighted by Gasteiger charge is 2.29. The largest absolute Gasteiger partial charge is 0.494 e. The number of aromatic amines is 1. The number of ether oxygens (including phenoxy) is 1. The van der Waals surface area contributed by atoms with Crippen molar-refractivity contribution < 1.29 is 18.7 Å². The smallest absolute Gasteiger partial charge is 0.274 e. The number of nitrogens with zero attached hydrogens (tertiary/aromatic N) is 3. The third-order valence-corrected chi connectivity index (χ3v) is 5.04. The number of aromatic nitrogens is 3. The van der Waals surface area contributed by atoms with E-state index in [0.717, 1.165) is 6.07 Å². The zero-order valence-corrected chi connectivity index (χ0v) is 16.4. The van der Waals surface area contributed by atoms with Gasteiger partial charge >= 0.3 is 0 Å². The van der Waals surface area contributed by atoms with E-state index in [9.17, 15) is 18.8 Å². The summed E-state index contributed by atoms with van der Waals surface area (Å²) in [5, 5.41) is 7.02. The summed E-state index contributed by atoms with van der Waals surface area (Å²) in [5.74, 6) is -1.30. The van der Waals surface area contributed by atoms with Crippen molar-refractivity contribution in [3.8, 4) is 5.75 Å². The standard InChI is InChI=1S/C20H20FN5O4/c1-11-9-26-16(19(28)22-11)8-15(24-26)20(29)25-6-5-13(10-25)23-18(27)12-3-4-17(30-2)14(21)7-12/h3-4,7-9,13H,5-6,10H2,1-2H3,(H,22,28)(H,23,27)/t13-/m0/s1. The Morgan fingerprint density at radius 1 is 1.33 bits per heavy atom. The van der Waals surface area contributed by atoms with Crippen LogP contribution in [-0.2, 0) is 0 Å². The summed E-state index contributed by atoms with van der Waals surface area (Å²) >= 11 is 0. The summed E-state index contributed by atoms with van der Waals surface area (Å²) in [6.45, 7) is 2.46. The van der Waals surface area contributed by atoms with Crippen LogP contribution in [0.1, 0.15) is 33.0 Å². The lowest BCUT2D eigenvalue weighted by molar-refractivity contribution is 0.0777. The molecule has 4 rings (SSSR count). The van der Waals surface area contributed by atoms with Crippen LogP contribution in [0, 0.1) is 12.7 Å². The number of carbonyl (C=O) groups is 2. The lowest BCUT2D eigenvalue weighted by Crippen LogP contribution is -2.38. The number of halogens is 1. The Morgan fingerprint density at radius 2 is 2.13 bits per heavy atom. The molecule has 1 atom stereocenters. The molecule has 30 heavy (non-hydrogen) atoms. The number of benzene rings is 1. The maximum Gasteiger partial charge on any atom is 0.274 e. The van der Waals surface area contributed by atoms with Crippen LogP contribution in [0.15, 0.2) is 35.3 Å². The molecule has 2 N–H and O–H groups in total. The van der Waals surface area contributed by atoms with E-state index in [1.165, 1.54) is 29.8 Å². The molecule has 9 nitrogen and oxygen atoms in total. The van der Waals surface area contributed by atoms with Gasteiger partial charge in [0.15, 0.2) is 17.3 Å². The number of H-pyrrole nitrogens is 1. The number of hydrogen-bond acceptors (Lipinski definition) is 5. The first-order valence-corrected chi connectivity index (χ1v) is 9.38. The minimum Gasteiger partial charge on any atom is -0.494 e. The van der Waals surface area contributed by atoms with Crippen molar-refractivity contribution in [2.45, 2.75) is 19.4 Å². The van der Waals surface area contributed by atoms with Gasteiger partial charge < -0.3 is 19.9 Å². The monoisotopic (exact) mass is 413 g/mol. The molecule has 2 aromatic heterocycles. The fourth-order valence-corrected chi connectivity index (χ4v) is 3.53. The predicted octanol–water partition coefficient (Wildman–Crippen LogP) is 1.12. The number of rotatable bonds is 4.